The van der Waals surface area contributed by atoms with Crippen LogP contribution in [0.1, 0.15) is 51.4 Å². The van der Waals surface area contributed by atoms with Crippen LogP contribution in [-0.2, 0) is 19.6 Å². The lowest BCUT2D eigenvalue weighted by molar-refractivity contribution is -0.140. The molecule has 3 saturated carbocycles. The van der Waals surface area contributed by atoms with E-state index in [4.69, 9.17) is 14.5 Å². The number of allylic oxidation sites excluding steroid dienone is 1. The number of fused-ring (bicyclic) bond motifs is 3. The van der Waals surface area contributed by atoms with Crippen molar-refractivity contribution in [3.8, 4) is 17.4 Å². The largest absolute Gasteiger partial charge is 0.497 e. The normalized spacial score (nSPS) is 29.0. The van der Waals surface area contributed by atoms with Gasteiger partial charge in [0.25, 0.3) is 0 Å². The number of hydrogen-bond acceptors (Lipinski definition) is 8. The molecule has 0 saturated heterocycles. The lowest BCUT2D eigenvalue weighted by Crippen LogP contribution is -2.51. The average Bonchev–Trinajstić information content (AvgIpc) is 3.92. The summed E-state index contributed by atoms with van der Waals surface area (Å²) in [6.07, 6.45) is 12.6. The first-order valence-electron chi connectivity index (χ1n) is 16.5. The van der Waals surface area contributed by atoms with Crippen LogP contribution in [0, 0.1) is 17.8 Å². The summed E-state index contributed by atoms with van der Waals surface area (Å²) in [6, 6.07) is 9.38. The third-order valence-corrected chi connectivity index (χ3v) is 12.0. The van der Waals surface area contributed by atoms with E-state index in [0.717, 1.165) is 30.0 Å². The first-order valence-corrected chi connectivity index (χ1v) is 18.1. The molecule has 250 valence electrons. The minimum absolute atomic E-state index is 0.0270. The molecule has 4 aliphatic rings. The van der Waals surface area contributed by atoms with E-state index in [1.807, 2.05) is 30.3 Å². The number of hydrogen-bond donors (Lipinski definition) is 2. The van der Waals surface area contributed by atoms with Crippen molar-refractivity contribution < 1.29 is 27.5 Å². The highest BCUT2D eigenvalue weighted by molar-refractivity contribution is 7.90. The average molecular weight is 663 g/mol. The Morgan fingerprint density at radius 3 is 2.72 bits per heavy atom. The molecule has 0 spiro atoms. The molecule has 1 aliphatic heterocycles. The Hall–Kier alpha value is -3.97. The summed E-state index contributed by atoms with van der Waals surface area (Å²) in [4.78, 5) is 34.6. The molecule has 3 aliphatic carbocycles. The first kappa shape index (κ1) is 31.6. The van der Waals surface area contributed by atoms with Crippen molar-refractivity contribution in [3.05, 3.63) is 54.9 Å². The van der Waals surface area contributed by atoms with Crippen LogP contribution in [0.3, 0.4) is 0 Å². The van der Waals surface area contributed by atoms with E-state index in [1.54, 1.807) is 36.1 Å². The maximum absolute atomic E-state index is 14.1. The Balaban J connectivity index is 1.17. The third-order valence-electron chi connectivity index (χ3n) is 10.1. The molecule has 3 fully saturated rings. The van der Waals surface area contributed by atoms with Gasteiger partial charge in [-0.2, -0.15) is 10.1 Å². The molecule has 1 aromatic carbocycles. The van der Waals surface area contributed by atoms with Crippen molar-refractivity contribution in [3.63, 3.8) is 0 Å². The third kappa shape index (κ3) is 6.60. The second kappa shape index (κ2) is 12.6. The van der Waals surface area contributed by atoms with Crippen LogP contribution in [-0.4, -0.2) is 84.0 Å². The molecule has 2 aromatic heterocycles. The van der Waals surface area contributed by atoms with Crippen LogP contribution in [0.15, 0.2) is 54.9 Å². The second-order valence-electron chi connectivity index (χ2n) is 13.5. The number of carbonyl (C=O) groups is 2. The topological polar surface area (TPSA) is 145 Å². The summed E-state index contributed by atoms with van der Waals surface area (Å²) in [5.74, 6) is 0.144. The quantitative estimate of drug-likeness (QED) is 0.350. The fourth-order valence-electron chi connectivity index (χ4n) is 7.04. The van der Waals surface area contributed by atoms with Crippen molar-refractivity contribution >= 4 is 32.6 Å². The number of amides is 2. The molecule has 12 nitrogen and oxygen atoms in total. The lowest BCUT2D eigenvalue weighted by atomic mass is 9.93. The van der Waals surface area contributed by atoms with Crippen molar-refractivity contribution in [1.82, 2.24) is 29.7 Å². The maximum Gasteiger partial charge on any atom is 0.226 e. The molecule has 2 N–H and O–H groups in total. The van der Waals surface area contributed by atoms with Crippen LogP contribution < -0.4 is 19.5 Å². The van der Waals surface area contributed by atoms with Gasteiger partial charge in [-0.1, -0.05) is 12.2 Å². The minimum Gasteiger partial charge on any atom is -0.497 e. The number of sulfonamides is 1. The zero-order chi connectivity index (χ0) is 32.8. The number of pyridine rings is 1. The first-order chi connectivity index (χ1) is 22.7. The summed E-state index contributed by atoms with van der Waals surface area (Å²) in [5.41, 5.74) is -0.715. The van der Waals surface area contributed by atoms with Crippen LogP contribution in [0.25, 0.3) is 16.6 Å². The molecule has 0 bridgehead atoms. The van der Waals surface area contributed by atoms with E-state index in [2.05, 4.69) is 27.3 Å². The SMILES string of the molecule is COc1ccc2c(O[C@@H]3C[C@H]4C(=O)N[C@]5(CNS(=O)(=O)C6CC6)C[C@H]5/C=C\CCCCN(C)C(=O)[C@@H]4C3)nc(-n3cccn3)cc2c1. The second-order valence-corrected chi connectivity index (χ2v) is 15.5. The maximum atomic E-state index is 14.1. The van der Waals surface area contributed by atoms with Gasteiger partial charge in [0.15, 0.2) is 5.82 Å². The smallest absolute Gasteiger partial charge is 0.226 e. The molecular weight excluding hydrogens is 620 g/mol. The van der Waals surface area contributed by atoms with Crippen molar-refractivity contribution in [2.24, 2.45) is 17.8 Å². The summed E-state index contributed by atoms with van der Waals surface area (Å²) in [7, 11) is -0.00904. The van der Waals surface area contributed by atoms with Gasteiger partial charge in [-0.05, 0) is 87.1 Å². The van der Waals surface area contributed by atoms with Gasteiger partial charge in [-0.25, -0.2) is 17.8 Å². The summed E-state index contributed by atoms with van der Waals surface area (Å²) in [5, 5.41) is 8.86. The van der Waals surface area contributed by atoms with Gasteiger partial charge < -0.3 is 19.7 Å². The molecule has 7 rings (SSSR count). The Morgan fingerprint density at radius 1 is 1.13 bits per heavy atom. The molecule has 0 unspecified atom stereocenters. The number of aromatic nitrogens is 3. The number of methoxy groups -OCH3 is 1. The highest BCUT2D eigenvalue weighted by atomic mass is 32.2. The number of nitrogens with one attached hydrogen (secondary N) is 2. The number of nitrogens with zero attached hydrogens (tertiary/aromatic N) is 4. The monoisotopic (exact) mass is 662 g/mol. The standard InChI is InChI=1S/C34H42N6O6S/c1-39-14-6-4-3-5-8-23-20-34(23,21-36-47(43,44)26-10-11-26)38-31(41)28-18-25(19-29(28)33(39)42)46-32-27-12-9-24(45-2)16-22(27)17-30(37-32)40-15-7-13-35-40/h5,7-9,12-13,15-17,23,25-26,28-29,36H,3-4,6,10-11,14,18-21H2,1-2H3,(H,38,41)/b8-5-/t23-,25-,28-,29-,34+/m1/s1. The van der Waals surface area contributed by atoms with E-state index in [9.17, 15) is 18.0 Å². The molecule has 0 radical (unpaired) electrons. The van der Waals surface area contributed by atoms with Gasteiger partial charge in [-0.15, -0.1) is 0 Å². The molecule has 13 heteroatoms. The van der Waals surface area contributed by atoms with Crippen molar-refractivity contribution in [2.45, 2.75) is 68.3 Å². The van der Waals surface area contributed by atoms with E-state index in [-0.39, 0.29) is 29.5 Å². The van der Waals surface area contributed by atoms with E-state index in [1.165, 1.54) is 0 Å². The zero-order valence-electron chi connectivity index (χ0n) is 26.8. The van der Waals surface area contributed by atoms with Crippen LogP contribution in [0.5, 0.6) is 11.6 Å². The number of rotatable bonds is 8. The fraction of sp³-hybridized carbons (Fsp3) is 0.529. The van der Waals surface area contributed by atoms with Crippen molar-refractivity contribution in [2.75, 3.05) is 27.2 Å². The fourth-order valence-corrected chi connectivity index (χ4v) is 8.49. The highest BCUT2D eigenvalue weighted by Gasteiger charge is 2.56. The van der Waals surface area contributed by atoms with Gasteiger partial charge in [0.2, 0.25) is 27.7 Å². The van der Waals surface area contributed by atoms with Gasteiger partial charge in [0.05, 0.1) is 29.7 Å². The van der Waals surface area contributed by atoms with E-state index in [0.29, 0.717) is 56.1 Å². The summed E-state index contributed by atoms with van der Waals surface area (Å²) < 4.78 is 41.9. The predicted molar refractivity (Wildman–Crippen MR) is 176 cm³/mol. The Morgan fingerprint density at radius 2 is 1.96 bits per heavy atom. The number of benzene rings is 1. The van der Waals surface area contributed by atoms with E-state index >= 15 is 0 Å². The Bertz CT molecular complexity index is 1790. The number of carbonyl (C=O) groups excluding carboxylic acids is 2. The molecule has 2 amide bonds. The minimum atomic E-state index is -3.42. The van der Waals surface area contributed by atoms with Crippen LogP contribution in [0.4, 0.5) is 0 Å². The lowest BCUT2D eigenvalue weighted by Gasteiger charge is -2.27. The zero-order valence-corrected chi connectivity index (χ0v) is 27.6. The molecule has 3 aromatic rings. The van der Waals surface area contributed by atoms with Gasteiger partial charge in [-0.3, -0.25) is 9.59 Å². The molecule has 3 heterocycles. The Kier molecular flexibility index (Phi) is 8.46. The molecule has 47 heavy (non-hydrogen) atoms. The molecular formula is C34H42N6O6S. The van der Waals surface area contributed by atoms with Gasteiger partial charge in [0.1, 0.15) is 11.9 Å². The van der Waals surface area contributed by atoms with E-state index < -0.39 is 33.5 Å². The summed E-state index contributed by atoms with van der Waals surface area (Å²) >= 11 is 0. The van der Waals surface area contributed by atoms with Gasteiger partial charge >= 0.3 is 0 Å². The molecule has 5 atom stereocenters. The number of ether oxygens (including phenoxy) is 2. The predicted octanol–water partition coefficient (Wildman–Crippen LogP) is 3.36. The summed E-state index contributed by atoms with van der Waals surface area (Å²) in [6.45, 7) is 0.747. The van der Waals surface area contributed by atoms with Crippen LogP contribution >= 0.6 is 0 Å². The highest BCUT2D eigenvalue weighted by Crippen LogP contribution is 2.46. The Labute approximate surface area is 274 Å². The van der Waals surface area contributed by atoms with Crippen molar-refractivity contribution in [1.29, 1.82) is 0 Å². The van der Waals surface area contributed by atoms with Crippen LogP contribution in [0.2, 0.25) is 0 Å². The van der Waals surface area contributed by atoms with Gasteiger partial charge in [0, 0.05) is 43.8 Å².